The van der Waals surface area contributed by atoms with E-state index >= 15 is 0 Å². The minimum absolute atomic E-state index is 0.275. The van der Waals surface area contributed by atoms with E-state index in [0.717, 1.165) is 10.0 Å². The maximum atomic E-state index is 11.8. The first-order valence-electron chi connectivity index (χ1n) is 5.60. The van der Waals surface area contributed by atoms with Crippen LogP contribution in [-0.4, -0.2) is 12.1 Å². The molecule has 0 aliphatic heterocycles. The smallest absolute Gasteiger partial charge is 0.271 e. The van der Waals surface area contributed by atoms with E-state index in [4.69, 9.17) is 5.73 Å². The third-order valence-electron chi connectivity index (χ3n) is 2.45. The molecule has 0 radical (unpaired) electrons. The Labute approximate surface area is 119 Å². The first kappa shape index (κ1) is 13.3. The van der Waals surface area contributed by atoms with E-state index < -0.39 is 0 Å². The zero-order valence-electron chi connectivity index (χ0n) is 10.0. The molecule has 2 aromatic carbocycles. The molecule has 0 bridgehead atoms. The average Bonchev–Trinajstić information content (AvgIpc) is 2.41. The molecule has 0 saturated heterocycles. The Morgan fingerprint density at radius 1 is 1.16 bits per heavy atom. The third-order valence-corrected chi connectivity index (χ3v) is 3.17. The summed E-state index contributed by atoms with van der Waals surface area (Å²) in [6.07, 6.45) is 1.58. The summed E-state index contributed by atoms with van der Waals surface area (Å²) in [7, 11) is 0. The van der Waals surface area contributed by atoms with Gasteiger partial charge in [0.1, 0.15) is 0 Å². The van der Waals surface area contributed by atoms with Crippen LogP contribution in [0.4, 0.5) is 5.69 Å². The molecule has 96 valence electrons. The Balaban J connectivity index is 2.01. The molecule has 0 aliphatic carbocycles. The van der Waals surface area contributed by atoms with Crippen LogP contribution in [0.2, 0.25) is 0 Å². The summed E-state index contributed by atoms with van der Waals surface area (Å²) in [4.78, 5) is 11.8. The topological polar surface area (TPSA) is 67.5 Å². The van der Waals surface area contributed by atoms with E-state index in [1.165, 1.54) is 0 Å². The van der Waals surface area contributed by atoms with E-state index in [-0.39, 0.29) is 5.91 Å². The molecule has 0 aromatic heterocycles. The number of hydrazone groups is 1. The zero-order chi connectivity index (χ0) is 13.7. The van der Waals surface area contributed by atoms with Crippen LogP contribution in [0.3, 0.4) is 0 Å². The number of amides is 1. The van der Waals surface area contributed by atoms with Gasteiger partial charge in [-0.15, -0.1) is 0 Å². The molecule has 1 amide bonds. The third kappa shape index (κ3) is 3.66. The second-order valence-electron chi connectivity index (χ2n) is 3.84. The molecule has 0 unspecified atom stereocenters. The van der Waals surface area contributed by atoms with E-state index in [0.29, 0.717) is 11.3 Å². The van der Waals surface area contributed by atoms with Crippen LogP contribution in [-0.2, 0) is 0 Å². The van der Waals surface area contributed by atoms with Crippen LogP contribution < -0.4 is 11.2 Å². The highest BCUT2D eigenvalue weighted by molar-refractivity contribution is 9.10. The van der Waals surface area contributed by atoms with E-state index in [2.05, 4.69) is 26.5 Å². The lowest BCUT2D eigenvalue weighted by Crippen LogP contribution is -2.17. The van der Waals surface area contributed by atoms with Gasteiger partial charge in [0.2, 0.25) is 0 Å². The van der Waals surface area contributed by atoms with Gasteiger partial charge < -0.3 is 5.73 Å². The van der Waals surface area contributed by atoms with Crippen molar-refractivity contribution in [3.8, 4) is 0 Å². The number of nitrogen functional groups attached to an aromatic ring is 1. The molecular formula is C14H12BrN3O. The fourth-order valence-electron chi connectivity index (χ4n) is 1.44. The summed E-state index contributed by atoms with van der Waals surface area (Å²) in [5.74, 6) is -0.275. The number of nitrogens with two attached hydrogens (primary N) is 1. The fourth-order valence-corrected chi connectivity index (χ4v) is 1.83. The van der Waals surface area contributed by atoms with Gasteiger partial charge >= 0.3 is 0 Å². The van der Waals surface area contributed by atoms with Crippen molar-refractivity contribution in [2.75, 3.05) is 5.73 Å². The molecule has 0 saturated carbocycles. The van der Waals surface area contributed by atoms with Crippen LogP contribution in [0.1, 0.15) is 15.9 Å². The highest BCUT2D eigenvalue weighted by atomic mass is 79.9. The largest absolute Gasteiger partial charge is 0.399 e. The molecule has 0 heterocycles. The number of carbonyl (C=O) groups excluding carboxylic acids is 1. The summed E-state index contributed by atoms with van der Waals surface area (Å²) in [6.45, 7) is 0. The van der Waals surface area contributed by atoms with Crippen molar-refractivity contribution in [2.24, 2.45) is 5.10 Å². The van der Waals surface area contributed by atoms with Crippen molar-refractivity contribution in [3.05, 3.63) is 64.1 Å². The second kappa shape index (κ2) is 6.15. The van der Waals surface area contributed by atoms with Crippen molar-refractivity contribution in [2.45, 2.75) is 0 Å². The summed E-state index contributed by atoms with van der Waals surface area (Å²) >= 11 is 3.40. The van der Waals surface area contributed by atoms with Crippen molar-refractivity contribution >= 4 is 33.7 Å². The van der Waals surface area contributed by atoms with Gasteiger partial charge in [0.15, 0.2) is 0 Å². The fraction of sp³-hybridized carbons (Fsp3) is 0. The van der Waals surface area contributed by atoms with Crippen LogP contribution in [0, 0.1) is 0 Å². The summed E-state index contributed by atoms with van der Waals surface area (Å²) in [6, 6.07) is 14.3. The lowest BCUT2D eigenvalue weighted by atomic mass is 10.2. The number of halogens is 1. The molecule has 0 spiro atoms. The van der Waals surface area contributed by atoms with Crippen LogP contribution in [0.5, 0.6) is 0 Å². The van der Waals surface area contributed by atoms with Gasteiger partial charge in [-0.1, -0.05) is 34.1 Å². The maximum absolute atomic E-state index is 11.8. The molecule has 4 nitrogen and oxygen atoms in total. The number of nitrogens with one attached hydrogen (secondary N) is 1. The molecule has 0 atom stereocenters. The van der Waals surface area contributed by atoms with Gasteiger partial charge in [0.25, 0.3) is 5.91 Å². The van der Waals surface area contributed by atoms with Crippen LogP contribution in [0.25, 0.3) is 0 Å². The maximum Gasteiger partial charge on any atom is 0.271 e. The van der Waals surface area contributed by atoms with Gasteiger partial charge in [0, 0.05) is 21.3 Å². The second-order valence-corrected chi connectivity index (χ2v) is 4.70. The molecule has 0 aliphatic rings. The lowest BCUT2D eigenvalue weighted by molar-refractivity contribution is 0.0955. The Morgan fingerprint density at radius 2 is 1.84 bits per heavy atom. The highest BCUT2D eigenvalue weighted by Gasteiger charge is 2.02. The Bertz CT molecular complexity index is 608. The standard InChI is InChI=1S/C14H12BrN3O/c15-13-4-2-1-3-11(13)9-17-18-14(19)10-5-7-12(16)8-6-10/h1-9H,16H2,(H,18,19). The molecule has 0 fully saturated rings. The van der Waals surface area contributed by atoms with Gasteiger partial charge in [0.05, 0.1) is 6.21 Å². The predicted octanol–water partition coefficient (Wildman–Crippen LogP) is 2.80. The number of hydrogen-bond acceptors (Lipinski definition) is 3. The number of rotatable bonds is 3. The summed E-state index contributed by atoms with van der Waals surface area (Å²) in [5, 5.41) is 3.92. The minimum Gasteiger partial charge on any atom is -0.399 e. The Morgan fingerprint density at radius 3 is 2.53 bits per heavy atom. The number of anilines is 1. The van der Waals surface area contributed by atoms with Crippen LogP contribution >= 0.6 is 15.9 Å². The van der Waals surface area contributed by atoms with Gasteiger partial charge in [-0.3, -0.25) is 4.79 Å². The SMILES string of the molecule is Nc1ccc(C(=O)NN=Cc2ccccc2Br)cc1. The van der Waals surface area contributed by atoms with E-state index in [1.807, 2.05) is 24.3 Å². The van der Waals surface area contributed by atoms with Crippen molar-refractivity contribution in [3.63, 3.8) is 0 Å². The molecular weight excluding hydrogens is 306 g/mol. The minimum atomic E-state index is -0.275. The average molecular weight is 318 g/mol. The van der Waals surface area contributed by atoms with Crippen molar-refractivity contribution in [1.82, 2.24) is 5.43 Å². The van der Waals surface area contributed by atoms with Crippen molar-refractivity contribution < 1.29 is 4.79 Å². The first-order valence-corrected chi connectivity index (χ1v) is 6.39. The predicted molar refractivity (Wildman–Crippen MR) is 80.1 cm³/mol. The molecule has 5 heteroatoms. The molecule has 19 heavy (non-hydrogen) atoms. The molecule has 2 aromatic rings. The number of hydrogen-bond donors (Lipinski definition) is 2. The van der Waals surface area contributed by atoms with Crippen LogP contribution in [0.15, 0.2) is 58.1 Å². The van der Waals surface area contributed by atoms with Gasteiger partial charge in [-0.05, 0) is 30.3 Å². The Kier molecular flexibility index (Phi) is 4.30. The lowest BCUT2D eigenvalue weighted by Gasteiger charge is -2.00. The number of nitrogens with zero attached hydrogens (tertiary/aromatic N) is 1. The summed E-state index contributed by atoms with van der Waals surface area (Å²) in [5.41, 5.74) is 10.0. The number of benzene rings is 2. The van der Waals surface area contributed by atoms with E-state index in [1.54, 1.807) is 30.5 Å². The zero-order valence-corrected chi connectivity index (χ0v) is 11.6. The van der Waals surface area contributed by atoms with Crippen molar-refractivity contribution in [1.29, 1.82) is 0 Å². The number of carbonyl (C=O) groups is 1. The normalized spacial score (nSPS) is 10.6. The van der Waals surface area contributed by atoms with Gasteiger partial charge in [-0.2, -0.15) is 5.10 Å². The quantitative estimate of drug-likeness (QED) is 0.519. The molecule has 3 N–H and O–H groups in total. The first-order chi connectivity index (χ1) is 9.16. The monoisotopic (exact) mass is 317 g/mol. The Hall–Kier alpha value is -2.14. The molecule has 2 rings (SSSR count). The summed E-state index contributed by atoms with van der Waals surface area (Å²) < 4.78 is 0.917. The van der Waals surface area contributed by atoms with E-state index in [9.17, 15) is 4.79 Å². The highest BCUT2D eigenvalue weighted by Crippen LogP contribution is 2.13. The van der Waals surface area contributed by atoms with Gasteiger partial charge in [-0.25, -0.2) is 5.43 Å².